The lowest BCUT2D eigenvalue weighted by Gasteiger charge is -2.13. The molecule has 0 saturated heterocycles. The molecule has 1 aromatic heterocycles. The first-order chi connectivity index (χ1) is 9.71. The van der Waals surface area contributed by atoms with Gasteiger partial charge in [0.1, 0.15) is 5.82 Å². The summed E-state index contributed by atoms with van der Waals surface area (Å²) in [5.74, 6) is 2.02. The summed E-state index contributed by atoms with van der Waals surface area (Å²) in [6, 6.07) is 8.26. The van der Waals surface area contributed by atoms with E-state index in [1.165, 1.54) is 0 Å². The molecule has 0 unspecified atom stereocenters. The van der Waals surface area contributed by atoms with Crippen LogP contribution in [0.1, 0.15) is 36.6 Å². The predicted molar refractivity (Wildman–Crippen MR) is 72.3 cm³/mol. The van der Waals surface area contributed by atoms with Crippen molar-refractivity contribution in [2.75, 3.05) is 0 Å². The van der Waals surface area contributed by atoms with Crippen molar-refractivity contribution >= 4 is 17.8 Å². The van der Waals surface area contributed by atoms with Crippen molar-refractivity contribution in [3.05, 3.63) is 46.5 Å². The van der Waals surface area contributed by atoms with E-state index in [-0.39, 0.29) is 12.2 Å². The first-order valence-corrected chi connectivity index (χ1v) is 6.77. The second-order valence-electron chi connectivity index (χ2n) is 4.40. The minimum Gasteiger partial charge on any atom is -0.242 e. The lowest BCUT2D eigenvalue weighted by Crippen LogP contribution is -2.08. The van der Waals surface area contributed by atoms with Crippen molar-refractivity contribution < 1.29 is 9.59 Å². The first kappa shape index (κ1) is 14.4. The Balaban J connectivity index is 0.000000452. The highest BCUT2D eigenvalue weighted by atomic mass is 35.5. The van der Waals surface area contributed by atoms with Crippen molar-refractivity contribution in [1.82, 2.24) is 14.8 Å². The van der Waals surface area contributed by atoms with Gasteiger partial charge in [0.2, 0.25) is 0 Å². The minimum absolute atomic E-state index is 0.250. The molecule has 0 radical (unpaired) electrons. The van der Waals surface area contributed by atoms with Crippen LogP contribution >= 0.6 is 11.6 Å². The molecule has 0 N–H and O–H groups in total. The van der Waals surface area contributed by atoms with Gasteiger partial charge in [-0.3, -0.25) is 0 Å². The van der Waals surface area contributed by atoms with Crippen molar-refractivity contribution in [2.24, 2.45) is 0 Å². The number of halogens is 1. The van der Waals surface area contributed by atoms with Gasteiger partial charge in [-0.25, -0.2) is 9.67 Å². The van der Waals surface area contributed by atoms with E-state index in [0.717, 1.165) is 41.5 Å². The first-order valence-electron chi connectivity index (χ1n) is 6.39. The van der Waals surface area contributed by atoms with Gasteiger partial charge in [0.25, 0.3) is 0 Å². The monoisotopic (exact) mass is 291 g/mol. The Hall–Kier alpha value is -1.97. The molecular formula is C14H14ClN3O2. The zero-order chi connectivity index (χ0) is 14.5. The number of benzene rings is 1. The number of aryl methyl sites for hydroxylation is 2. The second kappa shape index (κ2) is 6.46. The molecular weight excluding hydrogens is 278 g/mol. The standard InChI is InChI=1S/C13H14ClN3.CO2/c1-2-12-15-13-8-7-11(17(13)16-12)9-5-3-4-6-10(9)14;2-1-3/h3-6,11H,2,7-8H2,1H3;/t11-;/m0./s1. The van der Waals surface area contributed by atoms with E-state index >= 15 is 0 Å². The van der Waals surface area contributed by atoms with E-state index in [9.17, 15) is 0 Å². The lowest BCUT2D eigenvalue weighted by atomic mass is 10.1. The number of fused-ring (bicyclic) bond motifs is 1. The highest BCUT2D eigenvalue weighted by Gasteiger charge is 2.27. The van der Waals surface area contributed by atoms with E-state index in [1.54, 1.807) is 0 Å². The Labute approximate surface area is 121 Å². The summed E-state index contributed by atoms with van der Waals surface area (Å²) < 4.78 is 2.04. The maximum atomic E-state index is 8.12. The molecule has 3 rings (SSSR count). The van der Waals surface area contributed by atoms with Gasteiger partial charge in [0, 0.05) is 17.9 Å². The molecule has 1 aromatic carbocycles. The molecule has 6 heteroatoms. The second-order valence-corrected chi connectivity index (χ2v) is 4.81. The summed E-state index contributed by atoms with van der Waals surface area (Å²) in [5, 5.41) is 5.37. The van der Waals surface area contributed by atoms with Crippen LogP contribution in [0.15, 0.2) is 24.3 Å². The Morgan fingerprint density at radius 3 is 2.75 bits per heavy atom. The van der Waals surface area contributed by atoms with Gasteiger partial charge < -0.3 is 0 Å². The Bertz CT molecular complexity index is 633. The summed E-state index contributed by atoms with van der Waals surface area (Å²) in [6.45, 7) is 2.08. The molecule has 0 spiro atoms. The highest BCUT2D eigenvalue weighted by molar-refractivity contribution is 6.31. The van der Waals surface area contributed by atoms with Crippen LogP contribution in [0.25, 0.3) is 0 Å². The van der Waals surface area contributed by atoms with Crippen molar-refractivity contribution in [3.63, 3.8) is 0 Å². The van der Waals surface area contributed by atoms with Crippen LogP contribution in [-0.4, -0.2) is 20.9 Å². The summed E-state index contributed by atoms with van der Waals surface area (Å²) >= 11 is 6.25. The smallest absolute Gasteiger partial charge is 0.242 e. The minimum atomic E-state index is 0.250. The number of aromatic nitrogens is 3. The summed E-state index contributed by atoms with van der Waals surface area (Å²) in [4.78, 5) is 20.8. The van der Waals surface area contributed by atoms with E-state index in [1.807, 2.05) is 22.9 Å². The zero-order valence-corrected chi connectivity index (χ0v) is 11.8. The van der Waals surface area contributed by atoms with Crippen LogP contribution in [0, 0.1) is 0 Å². The van der Waals surface area contributed by atoms with Gasteiger partial charge in [-0.05, 0) is 18.1 Å². The van der Waals surface area contributed by atoms with Crippen molar-refractivity contribution in [2.45, 2.75) is 32.2 Å². The summed E-state index contributed by atoms with van der Waals surface area (Å²) in [7, 11) is 0. The molecule has 0 amide bonds. The van der Waals surface area contributed by atoms with Gasteiger partial charge in [-0.1, -0.05) is 36.7 Å². The normalized spacial score (nSPS) is 16.0. The average molecular weight is 292 g/mol. The molecule has 20 heavy (non-hydrogen) atoms. The number of nitrogens with zero attached hydrogens (tertiary/aromatic N) is 3. The van der Waals surface area contributed by atoms with Gasteiger partial charge in [0.15, 0.2) is 5.82 Å². The fraction of sp³-hybridized carbons (Fsp3) is 0.357. The van der Waals surface area contributed by atoms with Crippen LogP contribution in [0.2, 0.25) is 5.02 Å². The Morgan fingerprint density at radius 1 is 1.40 bits per heavy atom. The Kier molecular flexibility index (Phi) is 4.66. The fourth-order valence-electron chi connectivity index (χ4n) is 2.40. The largest absolute Gasteiger partial charge is 0.373 e. The molecule has 104 valence electrons. The summed E-state index contributed by atoms with van der Waals surface area (Å²) in [5.41, 5.74) is 1.15. The third-order valence-electron chi connectivity index (χ3n) is 3.26. The molecule has 1 aliphatic rings. The van der Waals surface area contributed by atoms with Crippen LogP contribution in [0.5, 0.6) is 0 Å². The molecule has 1 aliphatic heterocycles. The molecule has 2 aromatic rings. The predicted octanol–water partition coefficient (Wildman–Crippen LogP) is 2.45. The number of rotatable bonds is 2. The summed E-state index contributed by atoms with van der Waals surface area (Å²) in [6.07, 6.45) is 3.17. The molecule has 0 bridgehead atoms. The van der Waals surface area contributed by atoms with Crippen LogP contribution in [-0.2, 0) is 22.4 Å². The third kappa shape index (κ3) is 2.79. The van der Waals surface area contributed by atoms with Crippen LogP contribution < -0.4 is 0 Å². The molecule has 0 aliphatic carbocycles. The van der Waals surface area contributed by atoms with Crippen molar-refractivity contribution in [3.8, 4) is 0 Å². The molecule has 2 heterocycles. The average Bonchev–Trinajstić information content (AvgIpc) is 3.00. The van der Waals surface area contributed by atoms with Gasteiger partial charge in [-0.2, -0.15) is 14.7 Å². The van der Waals surface area contributed by atoms with Gasteiger partial charge in [-0.15, -0.1) is 0 Å². The van der Waals surface area contributed by atoms with Crippen LogP contribution in [0.4, 0.5) is 0 Å². The maximum Gasteiger partial charge on any atom is 0.373 e. The number of hydrogen-bond donors (Lipinski definition) is 0. The van der Waals surface area contributed by atoms with E-state index in [2.05, 4.69) is 23.1 Å². The Morgan fingerprint density at radius 2 is 2.10 bits per heavy atom. The zero-order valence-electron chi connectivity index (χ0n) is 11.0. The fourth-order valence-corrected chi connectivity index (χ4v) is 2.66. The van der Waals surface area contributed by atoms with Gasteiger partial charge >= 0.3 is 6.15 Å². The van der Waals surface area contributed by atoms with E-state index < -0.39 is 0 Å². The molecule has 5 nitrogen and oxygen atoms in total. The lowest BCUT2D eigenvalue weighted by molar-refractivity contribution is -0.191. The van der Waals surface area contributed by atoms with Crippen molar-refractivity contribution in [1.29, 1.82) is 0 Å². The van der Waals surface area contributed by atoms with E-state index in [4.69, 9.17) is 21.2 Å². The number of carbonyl (C=O) groups excluding carboxylic acids is 2. The highest BCUT2D eigenvalue weighted by Crippen LogP contribution is 2.34. The molecule has 0 fully saturated rings. The topological polar surface area (TPSA) is 64.8 Å². The molecule has 1 atom stereocenters. The SMILES string of the molecule is CCc1nc2n(n1)[C@H](c1ccccc1Cl)CC2.O=C=O. The van der Waals surface area contributed by atoms with Crippen LogP contribution in [0.3, 0.4) is 0 Å². The molecule has 0 saturated carbocycles. The maximum absolute atomic E-state index is 8.12. The van der Waals surface area contributed by atoms with Gasteiger partial charge in [0.05, 0.1) is 6.04 Å². The van der Waals surface area contributed by atoms with E-state index in [0.29, 0.717) is 0 Å². The third-order valence-corrected chi connectivity index (χ3v) is 3.61. The quantitative estimate of drug-likeness (QED) is 0.852. The number of hydrogen-bond acceptors (Lipinski definition) is 4.